The van der Waals surface area contributed by atoms with Crippen molar-refractivity contribution in [2.24, 2.45) is 17.3 Å². The molecule has 0 bridgehead atoms. The average molecular weight is 583 g/mol. The van der Waals surface area contributed by atoms with E-state index in [2.05, 4.69) is 6.58 Å². The molecule has 0 heterocycles. The van der Waals surface area contributed by atoms with E-state index in [1.54, 1.807) is 20.8 Å². The molecule has 0 aromatic carbocycles. The van der Waals surface area contributed by atoms with Gasteiger partial charge in [-0.15, -0.1) is 0 Å². The van der Waals surface area contributed by atoms with Crippen molar-refractivity contribution in [1.29, 1.82) is 0 Å². The molecule has 0 saturated heterocycles. The normalized spacial score (nSPS) is 15.1. The average Bonchev–Trinajstić information content (AvgIpc) is 2.92. The summed E-state index contributed by atoms with van der Waals surface area (Å²) in [6, 6.07) is 0. The van der Waals surface area contributed by atoms with E-state index in [0.29, 0.717) is 12.8 Å². The van der Waals surface area contributed by atoms with E-state index in [4.69, 9.17) is 14.2 Å². The summed E-state index contributed by atoms with van der Waals surface area (Å²) in [5, 5.41) is 0. The highest BCUT2D eigenvalue weighted by molar-refractivity contribution is 5.87. The molecule has 0 fully saturated rings. The van der Waals surface area contributed by atoms with Crippen molar-refractivity contribution >= 4 is 17.9 Å². The molecule has 0 aliphatic carbocycles. The summed E-state index contributed by atoms with van der Waals surface area (Å²) in [4.78, 5) is 37.1. The minimum atomic E-state index is -3.77. The van der Waals surface area contributed by atoms with Gasteiger partial charge in [0.15, 0.2) is 0 Å². The van der Waals surface area contributed by atoms with Gasteiger partial charge in [-0.2, -0.15) is 17.6 Å². The second-order valence-corrected chi connectivity index (χ2v) is 10.8. The third-order valence-corrected chi connectivity index (χ3v) is 7.49. The second kappa shape index (κ2) is 18.3. The van der Waals surface area contributed by atoms with Crippen molar-refractivity contribution in [1.82, 2.24) is 0 Å². The number of carbonyl (C=O) groups excluding carboxylic acids is 3. The minimum Gasteiger partial charge on any atom is -0.461 e. The SMILES string of the molecule is C=C(C)C(=O)OCC(CC)(COC(=O)C(F)(F)C(CC)CCCCC)COC(=O)C(F)(F)C(CC)CCCCC. The lowest BCUT2D eigenvalue weighted by Crippen LogP contribution is -2.45. The molecule has 0 N–H and O–H groups in total. The zero-order chi connectivity index (χ0) is 31.0. The Hall–Kier alpha value is -2.13. The summed E-state index contributed by atoms with van der Waals surface area (Å²) in [6.45, 7) is 11.5. The van der Waals surface area contributed by atoms with Gasteiger partial charge in [-0.25, -0.2) is 14.4 Å². The van der Waals surface area contributed by atoms with Gasteiger partial charge in [0.05, 0.1) is 5.41 Å². The number of unbranched alkanes of at least 4 members (excludes halogenated alkanes) is 4. The molecule has 0 aromatic rings. The monoisotopic (exact) mass is 582 g/mol. The Labute approximate surface area is 237 Å². The molecule has 2 atom stereocenters. The van der Waals surface area contributed by atoms with Crippen LogP contribution in [0.4, 0.5) is 17.6 Å². The maximum Gasteiger partial charge on any atom is 0.377 e. The Morgan fingerprint density at radius 1 is 0.675 bits per heavy atom. The summed E-state index contributed by atoms with van der Waals surface area (Å²) in [5.74, 6) is -14.3. The van der Waals surface area contributed by atoms with Gasteiger partial charge < -0.3 is 14.2 Å². The lowest BCUT2D eigenvalue weighted by molar-refractivity contribution is -0.194. The predicted octanol–water partition coefficient (Wildman–Crippen LogP) is 8.07. The molecule has 6 nitrogen and oxygen atoms in total. The van der Waals surface area contributed by atoms with E-state index in [9.17, 15) is 31.9 Å². The zero-order valence-electron chi connectivity index (χ0n) is 25.2. The number of carbonyl (C=O) groups is 3. The first kappa shape index (κ1) is 37.9. The maximum atomic E-state index is 15.0. The molecule has 0 saturated carbocycles. The highest BCUT2D eigenvalue weighted by atomic mass is 19.3. The molecular formula is C30H50F4O6. The van der Waals surface area contributed by atoms with E-state index in [-0.39, 0.29) is 37.7 Å². The lowest BCUT2D eigenvalue weighted by atomic mass is 9.87. The summed E-state index contributed by atoms with van der Waals surface area (Å²) in [5.41, 5.74) is -1.47. The highest BCUT2D eigenvalue weighted by Gasteiger charge is 2.50. The first-order chi connectivity index (χ1) is 18.7. The summed E-state index contributed by atoms with van der Waals surface area (Å²) < 4.78 is 75.1. The molecule has 234 valence electrons. The molecule has 0 amide bonds. The number of esters is 3. The van der Waals surface area contributed by atoms with Crippen molar-refractivity contribution in [3.05, 3.63) is 12.2 Å². The molecule has 0 aromatic heterocycles. The van der Waals surface area contributed by atoms with Crippen LogP contribution in [0, 0.1) is 17.3 Å². The number of rotatable bonds is 22. The van der Waals surface area contributed by atoms with Crippen LogP contribution in [0.5, 0.6) is 0 Å². The number of hydrogen-bond donors (Lipinski definition) is 0. The number of ether oxygens (including phenoxy) is 3. The van der Waals surface area contributed by atoms with Crippen molar-refractivity contribution < 1.29 is 46.2 Å². The van der Waals surface area contributed by atoms with Gasteiger partial charge in [0.2, 0.25) is 0 Å². The fraction of sp³-hybridized carbons (Fsp3) is 0.833. The van der Waals surface area contributed by atoms with E-state index < -0.39 is 66.8 Å². The van der Waals surface area contributed by atoms with E-state index in [1.807, 2.05) is 13.8 Å². The van der Waals surface area contributed by atoms with Crippen molar-refractivity contribution in [3.8, 4) is 0 Å². The first-order valence-corrected chi connectivity index (χ1v) is 14.6. The number of halogens is 4. The molecule has 0 aliphatic heterocycles. The third kappa shape index (κ3) is 11.8. The number of hydrogen-bond acceptors (Lipinski definition) is 6. The molecule has 0 aliphatic rings. The first-order valence-electron chi connectivity index (χ1n) is 14.6. The standard InChI is InChI=1S/C30H50F4O6/c1-8-13-15-17-23(10-3)29(31,32)26(36)39-20-28(12-5,19-38-25(35)22(6)7)21-40-27(37)30(33,34)24(11-4)18-16-14-9-2/h23-24H,6,8-21H2,1-5,7H3. The van der Waals surface area contributed by atoms with E-state index >= 15 is 0 Å². The van der Waals surface area contributed by atoms with Crippen LogP contribution in [0.15, 0.2) is 12.2 Å². The Balaban J connectivity index is 5.75. The quantitative estimate of drug-likeness (QED) is 0.0422. The molecule has 40 heavy (non-hydrogen) atoms. The summed E-state index contributed by atoms with van der Waals surface area (Å²) in [6.07, 6.45) is 4.67. The van der Waals surface area contributed by atoms with Gasteiger partial charge in [0.25, 0.3) is 0 Å². The molecule has 10 heteroatoms. The van der Waals surface area contributed by atoms with Crippen LogP contribution in [0.2, 0.25) is 0 Å². The fourth-order valence-electron chi connectivity index (χ4n) is 4.30. The Kier molecular flexibility index (Phi) is 17.4. The van der Waals surface area contributed by atoms with Crippen LogP contribution in [-0.2, 0) is 28.6 Å². The lowest BCUT2D eigenvalue weighted by Gasteiger charge is -2.33. The van der Waals surface area contributed by atoms with Gasteiger partial charge in [-0.3, -0.25) is 0 Å². The third-order valence-electron chi connectivity index (χ3n) is 7.49. The van der Waals surface area contributed by atoms with Crippen LogP contribution in [-0.4, -0.2) is 49.6 Å². The largest absolute Gasteiger partial charge is 0.461 e. The van der Waals surface area contributed by atoms with Gasteiger partial charge in [-0.05, 0) is 39.0 Å². The Morgan fingerprint density at radius 3 is 1.35 bits per heavy atom. The van der Waals surface area contributed by atoms with Crippen LogP contribution in [0.3, 0.4) is 0 Å². The van der Waals surface area contributed by atoms with Crippen LogP contribution in [0.1, 0.15) is 112 Å². The van der Waals surface area contributed by atoms with Crippen LogP contribution in [0.25, 0.3) is 0 Å². The fourth-order valence-corrected chi connectivity index (χ4v) is 4.30. The van der Waals surface area contributed by atoms with Crippen molar-refractivity contribution in [2.75, 3.05) is 19.8 Å². The van der Waals surface area contributed by atoms with E-state index in [1.165, 1.54) is 6.92 Å². The van der Waals surface area contributed by atoms with Gasteiger partial charge in [0.1, 0.15) is 19.8 Å². The van der Waals surface area contributed by atoms with Crippen LogP contribution >= 0.6 is 0 Å². The van der Waals surface area contributed by atoms with Crippen molar-refractivity contribution in [2.45, 2.75) is 124 Å². The molecule has 0 radical (unpaired) electrons. The number of alkyl halides is 4. The minimum absolute atomic E-state index is 0.00951. The molecule has 0 spiro atoms. The predicted molar refractivity (Wildman–Crippen MR) is 146 cm³/mol. The smallest absolute Gasteiger partial charge is 0.377 e. The molecule has 2 unspecified atom stereocenters. The zero-order valence-corrected chi connectivity index (χ0v) is 25.2. The Bertz CT molecular complexity index is 753. The van der Waals surface area contributed by atoms with E-state index in [0.717, 1.165) is 25.7 Å². The van der Waals surface area contributed by atoms with Gasteiger partial charge >= 0.3 is 29.8 Å². The summed E-state index contributed by atoms with van der Waals surface area (Å²) in [7, 11) is 0. The molecule has 0 rings (SSSR count). The van der Waals surface area contributed by atoms with Gasteiger partial charge in [-0.1, -0.05) is 79.7 Å². The van der Waals surface area contributed by atoms with Crippen LogP contribution < -0.4 is 0 Å². The Morgan fingerprint density at radius 2 is 1.05 bits per heavy atom. The molecular weight excluding hydrogens is 532 g/mol. The van der Waals surface area contributed by atoms with Gasteiger partial charge in [0, 0.05) is 17.4 Å². The highest BCUT2D eigenvalue weighted by Crippen LogP contribution is 2.36. The topological polar surface area (TPSA) is 78.9 Å². The maximum absolute atomic E-state index is 15.0. The summed E-state index contributed by atoms with van der Waals surface area (Å²) >= 11 is 0. The van der Waals surface area contributed by atoms with Crippen molar-refractivity contribution in [3.63, 3.8) is 0 Å². The second-order valence-electron chi connectivity index (χ2n) is 10.8.